The molecule has 1 aliphatic rings. The van der Waals surface area contributed by atoms with Gasteiger partial charge in [0.1, 0.15) is 0 Å². The number of carbonyl (C=O) groups excluding carboxylic acids is 1. The minimum absolute atomic E-state index is 0.181. The van der Waals surface area contributed by atoms with E-state index in [1.165, 1.54) is 11.8 Å². The van der Waals surface area contributed by atoms with Crippen LogP contribution in [0.25, 0.3) is 27.6 Å². The van der Waals surface area contributed by atoms with Crippen molar-refractivity contribution in [3.63, 3.8) is 0 Å². The predicted molar refractivity (Wildman–Crippen MR) is 92.9 cm³/mol. The van der Waals surface area contributed by atoms with Crippen LogP contribution in [0.4, 0.5) is 0 Å². The molecule has 3 aromatic rings. The van der Waals surface area contributed by atoms with Gasteiger partial charge in [0.05, 0.1) is 4.91 Å². The van der Waals surface area contributed by atoms with Crippen molar-refractivity contribution >= 4 is 50.5 Å². The highest BCUT2D eigenvalue weighted by atomic mass is 32.2. The van der Waals surface area contributed by atoms with Crippen LogP contribution in [0.5, 0.6) is 0 Å². The monoisotopic (exact) mass is 304 g/mol. The second-order valence-corrected chi connectivity index (χ2v) is 6.18. The number of fused-ring (bicyclic) bond motifs is 2. The summed E-state index contributed by atoms with van der Waals surface area (Å²) < 4.78 is 0. The first-order chi connectivity index (χ1) is 10.7. The topological polar surface area (TPSA) is 53.0 Å². The van der Waals surface area contributed by atoms with Gasteiger partial charge in [-0.15, -0.1) is 0 Å². The lowest BCUT2D eigenvalue weighted by Gasteiger charge is -2.08. The average molecular weight is 304 g/mol. The third-order valence-electron chi connectivity index (χ3n) is 3.75. The summed E-state index contributed by atoms with van der Waals surface area (Å²) in [6.45, 7) is 0. The zero-order valence-corrected chi connectivity index (χ0v) is 12.4. The third kappa shape index (κ3) is 2.09. The van der Waals surface area contributed by atoms with Gasteiger partial charge in [-0.1, -0.05) is 48.5 Å². The maximum absolute atomic E-state index is 11.9. The molecule has 1 heterocycles. The van der Waals surface area contributed by atoms with E-state index >= 15 is 0 Å². The molecule has 0 aromatic heterocycles. The van der Waals surface area contributed by atoms with E-state index in [0.29, 0.717) is 4.91 Å². The van der Waals surface area contributed by atoms with E-state index in [9.17, 15) is 4.79 Å². The molecule has 106 valence electrons. The SMILES string of the molecule is N=C1NC(=O)/C(=C/c2c3ccccc3cc3ccccc23)S1. The number of nitrogens with one attached hydrogen (secondary N) is 2. The Morgan fingerprint density at radius 3 is 2.09 bits per heavy atom. The molecule has 0 saturated carbocycles. The Hall–Kier alpha value is -2.59. The Morgan fingerprint density at radius 1 is 0.955 bits per heavy atom. The van der Waals surface area contributed by atoms with Crippen LogP contribution in [0, 0.1) is 5.41 Å². The third-order valence-corrected chi connectivity index (χ3v) is 4.58. The summed E-state index contributed by atoms with van der Waals surface area (Å²) in [6.07, 6.45) is 1.90. The molecule has 0 spiro atoms. The maximum Gasteiger partial charge on any atom is 0.264 e. The first-order valence-corrected chi connectivity index (χ1v) is 7.74. The normalized spacial score (nSPS) is 16.6. The molecule has 3 nitrogen and oxygen atoms in total. The predicted octanol–water partition coefficient (Wildman–Crippen LogP) is 4.13. The van der Waals surface area contributed by atoms with Crippen LogP contribution >= 0.6 is 11.8 Å². The fourth-order valence-electron chi connectivity index (χ4n) is 2.78. The number of hydrogen-bond donors (Lipinski definition) is 2. The number of benzene rings is 3. The maximum atomic E-state index is 11.9. The number of carbonyl (C=O) groups is 1. The van der Waals surface area contributed by atoms with Crippen molar-refractivity contribution in [2.45, 2.75) is 0 Å². The average Bonchev–Trinajstić information content (AvgIpc) is 2.84. The zero-order valence-electron chi connectivity index (χ0n) is 11.6. The first kappa shape index (κ1) is 13.1. The van der Waals surface area contributed by atoms with E-state index in [4.69, 9.17) is 5.41 Å². The lowest BCUT2D eigenvalue weighted by molar-refractivity contribution is -0.115. The molecule has 0 aliphatic carbocycles. The second-order valence-electron chi connectivity index (χ2n) is 5.13. The Kier molecular flexibility index (Phi) is 2.98. The number of thioether (sulfide) groups is 1. The summed E-state index contributed by atoms with van der Waals surface area (Å²) in [5, 5.41) is 14.8. The smallest absolute Gasteiger partial charge is 0.264 e. The lowest BCUT2D eigenvalue weighted by atomic mass is 9.96. The van der Waals surface area contributed by atoms with Gasteiger partial charge >= 0.3 is 0 Å². The van der Waals surface area contributed by atoms with Crippen molar-refractivity contribution in [2.75, 3.05) is 0 Å². The molecule has 1 amide bonds. The van der Waals surface area contributed by atoms with E-state index in [2.05, 4.69) is 35.6 Å². The van der Waals surface area contributed by atoms with Crippen LogP contribution in [0.3, 0.4) is 0 Å². The van der Waals surface area contributed by atoms with Gasteiger partial charge in [0, 0.05) is 0 Å². The number of hydrogen-bond acceptors (Lipinski definition) is 3. The van der Waals surface area contributed by atoms with Crippen LogP contribution in [-0.4, -0.2) is 11.1 Å². The fourth-order valence-corrected chi connectivity index (χ4v) is 3.46. The van der Waals surface area contributed by atoms with Crippen LogP contribution in [0.2, 0.25) is 0 Å². The van der Waals surface area contributed by atoms with Gasteiger partial charge in [-0.2, -0.15) is 0 Å². The van der Waals surface area contributed by atoms with Gasteiger partial charge < -0.3 is 5.32 Å². The summed E-state index contributed by atoms with van der Waals surface area (Å²) in [4.78, 5) is 12.5. The van der Waals surface area contributed by atoms with Crippen molar-refractivity contribution in [1.29, 1.82) is 5.41 Å². The minimum Gasteiger partial charge on any atom is -0.301 e. The molecular formula is C18H12N2OS. The summed E-state index contributed by atoms with van der Waals surface area (Å²) in [5.74, 6) is -0.202. The van der Waals surface area contributed by atoms with Gasteiger partial charge in [0.15, 0.2) is 5.17 Å². The van der Waals surface area contributed by atoms with Crippen molar-refractivity contribution in [3.05, 3.63) is 65.1 Å². The van der Waals surface area contributed by atoms with Gasteiger partial charge in [0.25, 0.3) is 5.91 Å². The van der Waals surface area contributed by atoms with E-state index in [1.54, 1.807) is 0 Å². The first-order valence-electron chi connectivity index (χ1n) is 6.92. The van der Waals surface area contributed by atoms with Crippen molar-refractivity contribution < 1.29 is 4.79 Å². The molecular weight excluding hydrogens is 292 g/mol. The van der Waals surface area contributed by atoms with E-state index in [1.807, 2.05) is 30.3 Å². The van der Waals surface area contributed by atoms with Crippen molar-refractivity contribution in [1.82, 2.24) is 5.32 Å². The molecule has 22 heavy (non-hydrogen) atoms. The quantitative estimate of drug-likeness (QED) is 0.524. The molecule has 1 saturated heterocycles. The Morgan fingerprint density at radius 2 is 1.55 bits per heavy atom. The summed E-state index contributed by atoms with van der Waals surface area (Å²) >= 11 is 1.17. The van der Waals surface area contributed by atoms with Crippen LogP contribution in [0.15, 0.2) is 59.5 Å². The van der Waals surface area contributed by atoms with Gasteiger partial charge in [-0.3, -0.25) is 10.2 Å². The molecule has 1 aliphatic heterocycles. The van der Waals surface area contributed by atoms with Gasteiger partial charge in [-0.25, -0.2) is 0 Å². The van der Waals surface area contributed by atoms with E-state index in [-0.39, 0.29) is 11.1 Å². The largest absolute Gasteiger partial charge is 0.301 e. The van der Waals surface area contributed by atoms with Crippen molar-refractivity contribution in [2.24, 2.45) is 0 Å². The Balaban J connectivity index is 2.07. The summed E-state index contributed by atoms with van der Waals surface area (Å²) in [5.41, 5.74) is 1.03. The Bertz CT molecular complexity index is 921. The van der Waals surface area contributed by atoms with E-state index in [0.717, 1.165) is 27.1 Å². The standard InChI is InChI=1S/C18H12N2OS/c19-18-20-17(21)16(22-18)10-15-13-7-3-1-5-11(13)9-12-6-2-4-8-14(12)15/h1-10H,(H2,19,20,21)/b16-10-. The fraction of sp³-hybridized carbons (Fsp3) is 0. The summed E-state index contributed by atoms with van der Waals surface area (Å²) in [7, 11) is 0. The van der Waals surface area contributed by atoms with Crippen LogP contribution < -0.4 is 5.32 Å². The molecule has 0 bridgehead atoms. The zero-order chi connectivity index (χ0) is 15.1. The lowest BCUT2D eigenvalue weighted by Crippen LogP contribution is -2.18. The molecule has 4 rings (SSSR count). The van der Waals surface area contributed by atoms with Crippen LogP contribution in [0.1, 0.15) is 5.56 Å². The van der Waals surface area contributed by atoms with Gasteiger partial charge in [0.2, 0.25) is 0 Å². The molecule has 0 atom stereocenters. The molecule has 4 heteroatoms. The highest BCUT2D eigenvalue weighted by Gasteiger charge is 2.22. The molecule has 1 fully saturated rings. The molecule has 0 radical (unpaired) electrons. The number of amides is 1. The van der Waals surface area contributed by atoms with Crippen molar-refractivity contribution in [3.8, 4) is 0 Å². The molecule has 3 aromatic carbocycles. The highest BCUT2D eigenvalue weighted by Crippen LogP contribution is 2.33. The minimum atomic E-state index is -0.202. The number of rotatable bonds is 1. The Labute approximate surface area is 131 Å². The number of amidine groups is 1. The summed E-state index contributed by atoms with van der Waals surface area (Å²) in [6, 6.07) is 18.5. The highest BCUT2D eigenvalue weighted by molar-refractivity contribution is 8.18. The molecule has 2 N–H and O–H groups in total. The second kappa shape index (κ2) is 5.00. The van der Waals surface area contributed by atoms with Crippen LogP contribution in [-0.2, 0) is 4.79 Å². The molecule has 0 unspecified atom stereocenters. The van der Waals surface area contributed by atoms with Gasteiger partial charge in [-0.05, 0) is 51.0 Å². The van der Waals surface area contributed by atoms with E-state index < -0.39 is 0 Å².